The summed E-state index contributed by atoms with van der Waals surface area (Å²) in [6, 6.07) is 13.4. The number of aromatic nitrogens is 2. The minimum atomic E-state index is -0.144. The number of carbonyl (C=O) groups excluding carboxylic acids is 1. The normalized spacial score (nSPS) is 16.7. The van der Waals surface area contributed by atoms with Gasteiger partial charge in [-0.25, -0.2) is 0 Å². The lowest BCUT2D eigenvalue weighted by atomic mass is 10.1. The minimum Gasteiger partial charge on any atom is -0.355 e. The van der Waals surface area contributed by atoms with Gasteiger partial charge in [-0.15, -0.1) is 11.8 Å². The van der Waals surface area contributed by atoms with Crippen molar-refractivity contribution in [2.45, 2.75) is 17.9 Å². The summed E-state index contributed by atoms with van der Waals surface area (Å²) in [6.45, 7) is 2.04. The molecular formula is C18H15N3O2S. The molecule has 0 saturated heterocycles. The average Bonchev–Trinajstić information content (AvgIpc) is 3.12. The van der Waals surface area contributed by atoms with Crippen molar-refractivity contribution in [2.24, 2.45) is 0 Å². The molecule has 0 saturated carbocycles. The van der Waals surface area contributed by atoms with Crippen LogP contribution in [0.4, 0.5) is 5.69 Å². The van der Waals surface area contributed by atoms with Crippen molar-refractivity contribution in [1.82, 2.24) is 10.1 Å². The monoisotopic (exact) mass is 337 g/mol. The number of pyridine rings is 1. The van der Waals surface area contributed by atoms with Gasteiger partial charge in [0, 0.05) is 40.7 Å². The van der Waals surface area contributed by atoms with Crippen molar-refractivity contribution in [3.05, 3.63) is 60.6 Å². The Morgan fingerprint density at radius 2 is 2.17 bits per heavy atom. The van der Waals surface area contributed by atoms with Gasteiger partial charge in [0.15, 0.2) is 11.5 Å². The summed E-state index contributed by atoms with van der Waals surface area (Å²) >= 11 is 1.77. The van der Waals surface area contributed by atoms with Crippen molar-refractivity contribution < 1.29 is 9.32 Å². The molecule has 0 aliphatic carbocycles. The Hall–Kier alpha value is -2.60. The summed E-state index contributed by atoms with van der Waals surface area (Å²) in [4.78, 5) is 20.0. The fourth-order valence-corrected chi connectivity index (χ4v) is 3.81. The number of rotatable bonds is 2. The van der Waals surface area contributed by atoms with Crippen molar-refractivity contribution in [2.75, 3.05) is 10.7 Å². The molecule has 1 aliphatic heterocycles. The van der Waals surface area contributed by atoms with Gasteiger partial charge in [0.05, 0.1) is 5.69 Å². The molecule has 6 heteroatoms. The number of benzene rings is 1. The van der Waals surface area contributed by atoms with Gasteiger partial charge in [0.25, 0.3) is 5.91 Å². The molecule has 24 heavy (non-hydrogen) atoms. The zero-order valence-electron chi connectivity index (χ0n) is 13.0. The van der Waals surface area contributed by atoms with Crippen molar-refractivity contribution in [3.63, 3.8) is 0 Å². The number of hydrogen-bond acceptors (Lipinski definition) is 5. The van der Waals surface area contributed by atoms with Gasteiger partial charge in [-0.3, -0.25) is 9.78 Å². The topological polar surface area (TPSA) is 59.2 Å². The van der Waals surface area contributed by atoms with Gasteiger partial charge in [-0.05, 0) is 31.2 Å². The highest BCUT2D eigenvalue weighted by Crippen LogP contribution is 2.38. The first-order valence-electron chi connectivity index (χ1n) is 7.66. The molecule has 5 nitrogen and oxygen atoms in total. The van der Waals surface area contributed by atoms with Crippen LogP contribution in [0.15, 0.2) is 64.3 Å². The summed E-state index contributed by atoms with van der Waals surface area (Å²) < 4.78 is 5.34. The van der Waals surface area contributed by atoms with E-state index >= 15 is 0 Å². The highest BCUT2D eigenvalue weighted by molar-refractivity contribution is 7.99. The molecule has 0 spiro atoms. The molecule has 0 N–H and O–H groups in total. The number of amides is 1. The van der Waals surface area contributed by atoms with E-state index in [0.717, 1.165) is 21.9 Å². The molecule has 3 heterocycles. The van der Waals surface area contributed by atoms with E-state index in [-0.39, 0.29) is 11.9 Å². The zero-order valence-corrected chi connectivity index (χ0v) is 13.9. The number of carbonyl (C=O) groups is 1. The molecule has 0 radical (unpaired) electrons. The van der Waals surface area contributed by atoms with Crippen molar-refractivity contribution >= 4 is 23.4 Å². The second-order valence-electron chi connectivity index (χ2n) is 5.62. The summed E-state index contributed by atoms with van der Waals surface area (Å²) in [5.41, 5.74) is 2.03. The zero-order chi connectivity index (χ0) is 16.5. The molecule has 4 rings (SSSR count). The van der Waals surface area contributed by atoms with Crippen molar-refractivity contribution in [1.29, 1.82) is 0 Å². The number of para-hydroxylation sites is 1. The molecule has 1 atom stereocenters. The Labute approximate surface area is 143 Å². The number of hydrogen-bond donors (Lipinski definition) is 0. The predicted molar refractivity (Wildman–Crippen MR) is 93.2 cm³/mol. The Morgan fingerprint density at radius 1 is 1.29 bits per heavy atom. The fraction of sp³-hybridized carbons (Fsp3) is 0.167. The maximum absolute atomic E-state index is 13.0. The Bertz CT molecular complexity index is 879. The Kier molecular flexibility index (Phi) is 3.82. The number of thioether (sulfide) groups is 1. The minimum absolute atomic E-state index is 0.0935. The Balaban J connectivity index is 1.68. The first kappa shape index (κ1) is 15.0. The van der Waals surface area contributed by atoms with Crippen LogP contribution in [0.1, 0.15) is 17.4 Å². The smallest absolute Gasteiger partial charge is 0.280 e. The molecule has 1 aromatic carbocycles. The lowest BCUT2D eigenvalue weighted by Gasteiger charge is -2.34. The van der Waals surface area contributed by atoms with Gasteiger partial charge in [0.1, 0.15) is 0 Å². The SMILES string of the molecule is C[C@H]1CSc2ccccc2N1C(=O)c1cc(-c2cccnc2)on1. The van der Waals surface area contributed by atoms with Gasteiger partial charge in [-0.2, -0.15) is 0 Å². The molecule has 0 unspecified atom stereocenters. The largest absolute Gasteiger partial charge is 0.355 e. The summed E-state index contributed by atoms with van der Waals surface area (Å²) in [6.07, 6.45) is 3.38. The fourth-order valence-electron chi connectivity index (χ4n) is 2.75. The van der Waals surface area contributed by atoms with Crippen LogP contribution in [0.2, 0.25) is 0 Å². The standard InChI is InChI=1S/C18H15N3O2S/c1-12-11-24-17-7-3-2-6-15(17)21(12)18(22)14-9-16(23-20-14)13-5-4-8-19-10-13/h2-10,12H,11H2,1H3/t12-/m0/s1. The number of nitrogens with zero attached hydrogens (tertiary/aromatic N) is 3. The predicted octanol–water partition coefficient (Wildman–Crippen LogP) is 3.88. The molecule has 0 fully saturated rings. The number of anilines is 1. The maximum Gasteiger partial charge on any atom is 0.280 e. The molecular weight excluding hydrogens is 322 g/mol. The third kappa shape index (κ3) is 2.59. The number of fused-ring (bicyclic) bond motifs is 1. The highest BCUT2D eigenvalue weighted by Gasteiger charge is 2.31. The average molecular weight is 337 g/mol. The molecule has 3 aromatic rings. The lowest BCUT2D eigenvalue weighted by molar-refractivity contribution is 0.0971. The molecule has 1 amide bonds. The highest BCUT2D eigenvalue weighted by atomic mass is 32.2. The first-order chi connectivity index (χ1) is 11.7. The van der Waals surface area contributed by atoms with Crippen LogP contribution >= 0.6 is 11.8 Å². The molecule has 2 aromatic heterocycles. The van der Waals surface area contributed by atoms with Gasteiger partial charge >= 0.3 is 0 Å². The quantitative estimate of drug-likeness (QED) is 0.710. The molecule has 120 valence electrons. The van der Waals surface area contributed by atoms with Crippen molar-refractivity contribution in [3.8, 4) is 11.3 Å². The van der Waals surface area contributed by atoms with Gasteiger partial charge in [0.2, 0.25) is 0 Å². The van der Waals surface area contributed by atoms with E-state index in [4.69, 9.17) is 4.52 Å². The summed E-state index contributed by atoms with van der Waals surface area (Å²) in [5, 5.41) is 3.97. The van der Waals surface area contributed by atoms with Crippen LogP contribution in [0.3, 0.4) is 0 Å². The van der Waals surface area contributed by atoms with Crippen LogP contribution < -0.4 is 4.90 Å². The van der Waals surface area contributed by atoms with Crippen LogP contribution in [0, 0.1) is 0 Å². The third-order valence-electron chi connectivity index (χ3n) is 3.94. The second-order valence-corrected chi connectivity index (χ2v) is 6.68. The second kappa shape index (κ2) is 6.13. The van der Waals surface area contributed by atoms with E-state index in [1.54, 1.807) is 35.1 Å². The summed E-state index contributed by atoms with van der Waals surface area (Å²) in [5.74, 6) is 1.25. The molecule has 1 aliphatic rings. The van der Waals surface area contributed by atoms with Gasteiger partial charge in [-0.1, -0.05) is 17.3 Å². The van der Waals surface area contributed by atoms with Crippen LogP contribution in [-0.2, 0) is 0 Å². The Morgan fingerprint density at radius 3 is 3.00 bits per heavy atom. The third-order valence-corrected chi connectivity index (χ3v) is 5.25. The van der Waals surface area contributed by atoms with E-state index in [2.05, 4.69) is 10.1 Å². The van der Waals surface area contributed by atoms with Gasteiger partial charge < -0.3 is 9.42 Å². The van der Waals surface area contributed by atoms with E-state index < -0.39 is 0 Å². The summed E-state index contributed by atoms with van der Waals surface area (Å²) in [7, 11) is 0. The molecule has 0 bridgehead atoms. The first-order valence-corrected chi connectivity index (χ1v) is 8.65. The van der Waals surface area contributed by atoms with Crippen LogP contribution in [0.25, 0.3) is 11.3 Å². The maximum atomic E-state index is 13.0. The van der Waals surface area contributed by atoms with E-state index in [0.29, 0.717) is 11.5 Å². The van der Waals surface area contributed by atoms with E-state index in [1.165, 1.54) is 0 Å². The van der Waals surface area contributed by atoms with Crippen LogP contribution in [-0.4, -0.2) is 27.8 Å². The lowest BCUT2D eigenvalue weighted by Crippen LogP contribution is -2.42. The van der Waals surface area contributed by atoms with Crippen LogP contribution in [0.5, 0.6) is 0 Å². The van der Waals surface area contributed by atoms with E-state index in [9.17, 15) is 4.79 Å². The van der Waals surface area contributed by atoms with E-state index in [1.807, 2.05) is 43.3 Å².